The molecule has 8 heteroatoms. The number of hydrogen-bond acceptors (Lipinski definition) is 4. The third-order valence-corrected chi connectivity index (χ3v) is 5.34. The Morgan fingerprint density at radius 3 is 2.66 bits per heavy atom. The summed E-state index contributed by atoms with van der Waals surface area (Å²) in [7, 11) is 1.58. The number of nitrogens with one attached hydrogen (secondary N) is 1. The van der Waals surface area contributed by atoms with Crippen LogP contribution in [0.5, 0.6) is 5.75 Å². The number of aromatic nitrogens is 2. The zero-order chi connectivity index (χ0) is 20.4. The Hall–Kier alpha value is -3.26. The average Bonchev–Trinajstić information content (AvgIpc) is 3.40. The van der Waals surface area contributed by atoms with Crippen LogP contribution in [0.15, 0.2) is 60.0 Å². The molecule has 2 heterocycles. The molecule has 1 N–H and O–H groups in total. The van der Waals surface area contributed by atoms with Crippen molar-refractivity contribution in [3.05, 3.63) is 76.2 Å². The number of ether oxygens (including phenoxy) is 1. The van der Waals surface area contributed by atoms with Crippen LogP contribution in [0.3, 0.4) is 0 Å². The van der Waals surface area contributed by atoms with Crippen LogP contribution in [0, 0.1) is 0 Å². The van der Waals surface area contributed by atoms with Crippen molar-refractivity contribution in [3.63, 3.8) is 0 Å². The second kappa shape index (κ2) is 8.00. The quantitative estimate of drug-likeness (QED) is 0.459. The van der Waals surface area contributed by atoms with Crippen molar-refractivity contribution in [1.82, 2.24) is 9.97 Å². The van der Waals surface area contributed by atoms with Crippen LogP contribution in [0.25, 0.3) is 11.0 Å². The van der Waals surface area contributed by atoms with E-state index in [2.05, 4.69) is 9.97 Å². The number of carbonyl (C=O) groups is 1. The summed E-state index contributed by atoms with van der Waals surface area (Å²) in [5, 5.41) is 1.95. The van der Waals surface area contributed by atoms with Crippen molar-refractivity contribution < 1.29 is 18.3 Å². The average molecular weight is 413 g/mol. The SMILES string of the molecule is COc1ccc(N(Cc2cccs2)C(=O)c2ccc3nc(C(F)F)[nH]c3c2)cc1. The molecule has 0 aliphatic heterocycles. The number of aromatic amines is 1. The molecule has 0 unspecified atom stereocenters. The lowest BCUT2D eigenvalue weighted by Gasteiger charge is -2.23. The van der Waals surface area contributed by atoms with Gasteiger partial charge in [0.1, 0.15) is 5.75 Å². The van der Waals surface area contributed by atoms with Gasteiger partial charge in [-0.15, -0.1) is 11.3 Å². The van der Waals surface area contributed by atoms with Crippen molar-refractivity contribution in [2.24, 2.45) is 0 Å². The van der Waals surface area contributed by atoms with Crippen LogP contribution in [0.4, 0.5) is 14.5 Å². The van der Waals surface area contributed by atoms with E-state index in [1.54, 1.807) is 53.7 Å². The molecule has 4 rings (SSSR count). The third kappa shape index (κ3) is 3.97. The molecule has 148 valence electrons. The van der Waals surface area contributed by atoms with E-state index in [1.165, 1.54) is 0 Å². The van der Waals surface area contributed by atoms with E-state index in [9.17, 15) is 13.6 Å². The molecule has 4 aromatic rings. The minimum Gasteiger partial charge on any atom is -0.497 e. The number of benzene rings is 2. The van der Waals surface area contributed by atoms with Gasteiger partial charge in [-0.2, -0.15) is 0 Å². The Morgan fingerprint density at radius 2 is 2.00 bits per heavy atom. The highest BCUT2D eigenvalue weighted by Gasteiger charge is 2.20. The molecule has 2 aromatic heterocycles. The van der Waals surface area contributed by atoms with Gasteiger partial charge >= 0.3 is 0 Å². The van der Waals surface area contributed by atoms with Gasteiger partial charge in [-0.3, -0.25) is 4.79 Å². The monoisotopic (exact) mass is 413 g/mol. The van der Waals surface area contributed by atoms with E-state index in [0.717, 1.165) is 4.88 Å². The predicted molar refractivity (Wildman–Crippen MR) is 109 cm³/mol. The maximum atomic E-state index is 13.3. The molecule has 2 aromatic carbocycles. The number of methoxy groups -OCH3 is 1. The molecule has 0 saturated carbocycles. The van der Waals surface area contributed by atoms with E-state index >= 15 is 0 Å². The third-order valence-electron chi connectivity index (χ3n) is 4.48. The number of nitrogens with zero attached hydrogens (tertiary/aromatic N) is 2. The molecule has 0 spiro atoms. The zero-order valence-corrected chi connectivity index (χ0v) is 16.2. The molecule has 0 bridgehead atoms. The van der Waals surface area contributed by atoms with Gasteiger partial charge in [0.15, 0.2) is 5.82 Å². The number of amides is 1. The summed E-state index contributed by atoms with van der Waals surface area (Å²) in [5.74, 6) is 0.0459. The summed E-state index contributed by atoms with van der Waals surface area (Å²) in [6.07, 6.45) is -2.70. The van der Waals surface area contributed by atoms with Gasteiger partial charge in [-0.05, 0) is 53.9 Å². The number of thiophene rings is 1. The number of H-pyrrole nitrogens is 1. The molecule has 0 aliphatic carbocycles. The van der Waals surface area contributed by atoms with E-state index in [4.69, 9.17) is 4.74 Å². The van der Waals surface area contributed by atoms with Gasteiger partial charge in [0.2, 0.25) is 0 Å². The van der Waals surface area contributed by atoms with Crippen LogP contribution in [0.2, 0.25) is 0 Å². The molecule has 5 nitrogen and oxygen atoms in total. The van der Waals surface area contributed by atoms with Crippen LogP contribution in [-0.2, 0) is 6.54 Å². The topological polar surface area (TPSA) is 58.2 Å². The number of rotatable bonds is 6. The molecule has 29 heavy (non-hydrogen) atoms. The molecule has 0 fully saturated rings. The first-order valence-corrected chi connectivity index (χ1v) is 9.69. The van der Waals surface area contributed by atoms with Gasteiger partial charge in [-0.25, -0.2) is 13.8 Å². The summed E-state index contributed by atoms with van der Waals surface area (Å²) in [5.41, 5.74) is 1.89. The first kappa shape index (κ1) is 19.1. The maximum absolute atomic E-state index is 13.3. The summed E-state index contributed by atoms with van der Waals surface area (Å²) in [4.78, 5) is 22.4. The Kier molecular flexibility index (Phi) is 5.26. The second-order valence-electron chi connectivity index (χ2n) is 6.32. The van der Waals surface area contributed by atoms with Gasteiger partial charge < -0.3 is 14.6 Å². The lowest BCUT2D eigenvalue weighted by molar-refractivity contribution is 0.0985. The van der Waals surface area contributed by atoms with E-state index in [0.29, 0.717) is 34.6 Å². The minimum absolute atomic E-state index is 0.237. The Bertz CT molecular complexity index is 1120. The lowest BCUT2D eigenvalue weighted by atomic mass is 10.1. The summed E-state index contributed by atoms with van der Waals surface area (Å²) in [6, 6.07) is 15.8. The molecule has 0 radical (unpaired) electrons. The van der Waals surface area contributed by atoms with Crippen molar-refractivity contribution in [2.45, 2.75) is 13.0 Å². The summed E-state index contributed by atoms with van der Waals surface area (Å²) < 4.78 is 31.0. The number of hydrogen-bond donors (Lipinski definition) is 1. The molecular formula is C21H17F2N3O2S. The fourth-order valence-corrected chi connectivity index (χ4v) is 3.72. The molecule has 1 amide bonds. The van der Waals surface area contributed by atoms with Crippen LogP contribution in [0.1, 0.15) is 27.5 Å². The number of carbonyl (C=O) groups excluding carboxylic acids is 1. The van der Waals surface area contributed by atoms with Crippen molar-refractivity contribution in [3.8, 4) is 5.75 Å². The van der Waals surface area contributed by atoms with Crippen molar-refractivity contribution in [2.75, 3.05) is 12.0 Å². The predicted octanol–water partition coefficient (Wildman–Crippen LogP) is 5.42. The smallest absolute Gasteiger partial charge is 0.295 e. The Balaban J connectivity index is 1.70. The zero-order valence-electron chi connectivity index (χ0n) is 15.4. The number of halogens is 2. The van der Waals surface area contributed by atoms with Gasteiger partial charge in [0, 0.05) is 16.1 Å². The van der Waals surface area contributed by atoms with Crippen LogP contribution in [-0.4, -0.2) is 23.0 Å². The molecule has 0 saturated heterocycles. The maximum Gasteiger partial charge on any atom is 0.295 e. The molecular weight excluding hydrogens is 396 g/mol. The van der Waals surface area contributed by atoms with Crippen LogP contribution >= 0.6 is 11.3 Å². The highest BCUT2D eigenvalue weighted by Crippen LogP contribution is 2.26. The molecule has 0 atom stereocenters. The van der Waals surface area contributed by atoms with E-state index in [-0.39, 0.29) is 5.91 Å². The van der Waals surface area contributed by atoms with Crippen molar-refractivity contribution in [1.29, 1.82) is 0 Å². The summed E-state index contributed by atoms with van der Waals surface area (Å²) in [6.45, 7) is 0.395. The second-order valence-corrected chi connectivity index (χ2v) is 7.36. The van der Waals surface area contributed by atoms with E-state index < -0.39 is 12.2 Å². The Labute approximate surface area is 169 Å². The van der Waals surface area contributed by atoms with Gasteiger partial charge in [0.25, 0.3) is 12.3 Å². The summed E-state index contributed by atoms with van der Waals surface area (Å²) >= 11 is 1.56. The van der Waals surface area contributed by atoms with E-state index in [1.807, 2.05) is 29.6 Å². The minimum atomic E-state index is -2.70. The highest BCUT2D eigenvalue weighted by atomic mass is 32.1. The largest absolute Gasteiger partial charge is 0.497 e. The Morgan fingerprint density at radius 1 is 1.21 bits per heavy atom. The fraction of sp³-hybridized carbons (Fsp3) is 0.143. The lowest BCUT2D eigenvalue weighted by Crippen LogP contribution is -2.30. The number of alkyl halides is 2. The first-order valence-electron chi connectivity index (χ1n) is 8.81. The fourth-order valence-electron chi connectivity index (χ4n) is 3.02. The standard InChI is InChI=1S/C21H17F2N3O2S/c1-28-15-7-5-14(6-8-15)26(12-16-3-2-10-29-16)21(27)13-4-9-17-18(11-13)25-20(24-17)19(22)23/h2-11,19H,12H2,1H3,(H,24,25). The number of anilines is 1. The number of imidazole rings is 1. The van der Waals surface area contributed by atoms with Crippen LogP contribution < -0.4 is 9.64 Å². The highest BCUT2D eigenvalue weighted by molar-refractivity contribution is 7.09. The normalized spacial score (nSPS) is 11.2. The first-order chi connectivity index (χ1) is 14.0. The van der Waals surface area contributed by atoms with Gasteiger partial charge in [0.05, 0.1) is 24.7 Å². The van der Waals surface area contributed by atoms with Gasteiger partial charge in [-0.1, -0.05) is 6.07 Å². The number of fused-ring (bicyclic) bond motifs is 1. The van der Waals surface area contributed by atoms with Crippen molar-refractivity contribution >= 4 is 34.0 Å². The molecule has 0 aliphatic rings.